The summed E-state index contributed by atoms with van der Waals surface area (Å²) >= 11 is 13.6. The maximum absolute atomic E-state index is 14.2. The number of nitrogens with zero attached hydrogens (tertiary/aromatic N) is 2. The van der Waals surface area contributed by atoms with Crippen LogP contribution < -0.4 is 5.11 Å². The van der Waals surface area contributed by atoms with Crippen molar-refractivity contribution in [1.82, 2.24) is 0 Å². The van der Waals surface area contributed by atoms with E-state index in [9.17, 15) is 25.2 Å². The fourth-order valence-corrected chi connectivity index (χ4v) is 5.62. The van der Waals surface area contributed by atoms with E-state index in [1.807, 2.05) is 20.8 Å². The number of diazo groups is 1. The van der Waals surface area contributed by atoms with Gasteiger partial charge in [0, 0.05) is 12.0 Å². The number of Topliss-reactive ketones (excluding diaryl/α,β-unsaturated/α-hetero) is 2. The number of carbonyl (C=O) groups excluding carboxylic acids is 2. The molecule has 3 atom stereocenters. The zero-order valence-corrected chi connectivity index (χ0v) is 22.3. The molecule has 1 fully saturated rings. The van der Waals surface area contributed by atoms with Crippen molar-refractivity contribution in [2.24, 2.45) is 0 Å². The summed E-state index contributed by atoms with van der Waals surface area (Å²) in [4.78, 5) is 29.1. The number of benzene rings is 1. The van der Waals surface area contributed by atoms with Crippen LogP contribution in [0.2, 0.25) is 0 Å². The monoisotopic (exact) mass is 520 g/mol. The fraction of sp³-hybridized carbons (Fsp3) is 0.538. The van der Waals surface area contributed by atoms with Gasteiger partial charge in [-0.15, -0.1) is 23.2 Å². The van der Waals surface area contributed by atoms with E-state index in [1.165, 1.54) is 12.5 Å². The van der Waals surface area contributed by atoms with Crippen LogP contribution in [0.4, 0.5) is 5.69 Å². The summed E-state index contributed by atoms with van der Waals surface area (Å²) in [5.74, 6) is -3.15. The van der Waals surface area contributed by atoms with Gasteiger partial charge in [0.25, 0.3) is 0 Å². The maximum atomic E-state index is 14.2. The van der Waals surface area contributed by atoms with E-state index in [2.05, 4.69) is 11.1 Å². The average molecular weight is 521 g/mol. The van der Waals surface area contributed by atoms with Gasteiger partial charge in [-0.2, -0.15) is 0 Å². The van der Waals surface area contributed by atoms with Crippen molar-refractivity contribution in [2.45, 2.75) is 88.7 Å². The van der Waals surface area contributed by atoms with Crippen molar-refractivity contribution in [3.05, 3.63) is 45.0 Å². The van der Waals surface area contributed by atoms with E-state index in [4.69, 9.17) is 27.9 Å². The van der Waals surface area contributed by atoms with Crippen LogP contribution in [0.3, 0.4) is 0 Å². The van der Waals surface area contributed by atoms with Crippen LogP contribution >= 0.6 is 23.2 Å². The van der Waals surface area contributed by atoms with Crippen molar-refractivity contribution in [3.8, 4) is 11.5 Å². The molecule has 3 unspecified atom stereocenters. The molecule has 0 saturated carbocycles. The summed E-state index contributed by atoms with van der Waals surface area (Å²) in [7, 11) is 0. The summed E-state index contributed by atoms with van der Waals surface area (Å²) in [6, 6.07) is 0. The van der Waals surface area contributed by atoms with Crippen molar-refractivity contribution in [2.75, 3.05) is 0 Å². The first-order chi connectivity index (χ1) is 16.1. The first-order valence-electron chi connectivity index (χ1n) is 11.5. The predicted molar refractivity (Wildman–Crippen MR) is 133 cm³/mol. The molecule has 0 aromatic heterocycles. The van der Waals surface area contributed by atoms with Gasteiger partial charge in [0.2, 0.25) is 16.9 Å². The third kappa shape index (κ3) is 4.16. The molecule has 2 aliphatic rings. The molecule has 1 aromatic rings. The third-order valence-corrected chi connectivity index (χ3v) is 8.35. The van der Waals surface area contributed by atoms with E-state index in [0.717, 1.165) is 18.4 Å². The highest BCUT2D eigenvalue weighted by atomic mass is 35.5. The number of alkyl halides is 2. The number of phenols is 1. The fourth-order valence-electron chi connectivity index (χ4n) is 4.82. The average Bonchev–Trinajstić information content (AvgIpc) is 2.77. The van der Waals surface area contributed by atoms with E-state index >= 15 is 0 Å². The van der Waals surface area contributed by atoms with Crippen molar-refractivity contribution in [3.63, 3.8) is 0 Å². The van der Waals surface area contributed by atoms with E-state index in [-0.39, 0.29) is 18.4 Å². The molecule has 1 aromatic carbocycles. The van der Waals surface area contributed by atoms with Gasteiger partial charge in [-0.3, -0.25) is 9.59 Å². The zero-order valence-electron chi connectivity index (χ0n) is 20.8. The minimum absolute atomic E-state index is 0.0676. The van der Waals surface area contributed by atoms with Crippen molar-refractivity contribution < 1.29 is 24.5 Å². The van der Waals surface area contributed by atoms with Gasteiger partial charge in [0.15, 0.2) is 16.4 Å². The highest BCUT2D eigenvalue weighted by molar-refractivity contribution is 6.46. The number of phenolic OH excluding ortho intramolecular Hbond substituents is 1. The molecule has 1 aliphatic carbocycles. The predicted octanol–water partition coefficient (Wildman–Crippen LogP) is 6.24. The molecule has 35 heavy (non-hydrogen) atoms. The summed E-state index contributed by atoms with van der Waals surface area (Å²) < 4.78 is 6.33. The lowest BCUT2D eigenvalue weighted by Crippen LogP contribution is -2.72. The Kier molecular flexibility index (Phi) is 7.18. The maximum Gasteiger partial charge on any atom is 0.437 e. The summed E-state index contributed by atoms with van der Waals surface area (Å²) in [5.41, 5.74) is -2.61. The normalized spacial score (nSPS) is 27.6. The molecular weight excluding hydrogens is 491 g/mol. The molecule has 9 heteroatoms. The molecule has 1 heterocycles. The van der Waals surface area contributed by atoms with Crippen LogP contribution in [0, 0.1) is 12.3 Å². The van der Waals surface area contributed by atoms with Gasteiger partial charge in [-0.25, -0.2) is 0 Å². The number of carbonyl (C=O) groups is 2. The van der Waals surface area contributed by atoms with Crippen LogP contribution in [0.1, 0.15) is 86.6 Å². The lowest BCUT2D eigenvalue weighted by Gasteiger charge is -2.56. The van der Waals surface area contributed by atoms with Crippen LogP contribution in [0.15, 0.2) is 23.3 Å². The van der Waals surface area contributed by atoms with Crippen LogP contribution in [0.5, 0.6) is 11.5 Å². The summed E-state index contributed by atoms with van der Waals surface area (Å²) in [6.45, 7) is 10.6. The number of aromatic hydroxyl groups is 1. The SMILES string of the molecule is CC(C)=CCC/C(C)=C/CC12OC(C)(C)C(Cl)CC1(Cl)C(=O)c1c([O-])c(C)c(O)c([N+]#N)c1C2=O. The first-order valence-corrected chi connectivity index (χ1v) is 12.3. The second-order valence-corrected chi connectivity index (χ2v) is 11.4. The lowest BCUT2D eigenvalue weighted by atomic mass is 9.63. The lowest BCUT2D eigenvalue weighted by molar-refractivity contribution is -0.269. The summed E-state index contributed by atoms with van der Waals surface area (Å²) in [6.07, 6.45) is 5.24. The largest absolute Gasteiger partial charge is 0.872 e. The van der Waals surface area contributed by atoms with Gasteiger partial charge < -0.3 is 14.9 Å². The minimum atomic E-state index is -1.97. The van der Waals surface area contributed by atoms with Crippen LogP contribution in [-0.4, -0.2) is 38.1 Å². The second-order valence-electron chi connectivity index (χ2n) is 10.2. The highest BCUT2D eigenvalue weighted by Gasteiger charge is 2.71. The minimum Gasteiger partial charge on any atom is -0.872 e. The Morgan fingerprint density at radius 1 is 1.23 bits per heavy atom. The molecule has 1 aliphatic heterocycles. The van der Waals surface area contributed by atoms with Gasteiger partial charge in [-0.05, 0) is 66.4 Å². The molecule has 1 N–H and O–H groups in total. The number of hydrogen-bond donors (Lipinski definition) is 1. The quantitative estimate of drug-likeness (QED) is 0.279. The topological polar surface area (TPSA) is 115 Å². The Hall–Kier alpha value is -2.40. The summed E-state index contributed by atoms with van der Waals surface area (Å²) in [5, 5.41) is 32.4. The molecule has 1 saturated heterocycles. The van der Waals surface area contributed by atoms with Crippen LogP contribution in [-0.2, 0) is 4.74 Å². The Balaban J connectivity index is 2.27. The highest BCUT2D eigenvalue weighted by Crippen LogP contribution is 2.58. The number of allylic oxidation sites excluding steroid dienone is 3. The standard InChI is InChI=1S/C26H30Cl2N2O5/c1-13(2)8-7-9-14(3)10-11-26-23(34)17-18(20(31)15(4)21(32)19(17)30-29)22(33)25(26,28)12-16(27)24(5,6)35-26/h8,10,16H,7,9,11-12H2,1-6H3,(H-,31,32,33)/b14-10+. The molecule has 0 amide bonds. The number of rotatable bonds is 5. The number of hydrogen-bond acceptors (Lipinski definition) is 6. The Labute approximate surface area is 215 Å². The molecule has 0 bridgehead atoms. The zero-order chi connectivity index (χ0) is 26.5. The number of ketones is 2. The van der Waals surface area contributed by atoms with Gasteiger partial charge in [0.05, 0.1) is 11.0 Å². The van der Waals surface area contributed by atoms with Crippen molar-refractivity contribution >= 4 is 40.5 Å². The molecule has 7 nitrogen and oxygen atoms in total. The Morgan fingerprint density at radius 3 is 2.43 bits per heavy atom. The number of fused-ring (bicyclic) bond motifs is 2. The van der Waals surface area contributed by atoms with Gasteiger partial charge in [-0.1, -0.05) is 29.0 Å². The first kappa shape index (κ1) is 27.2. The van der Waals surface area contributed by atoms with E-state index in [1.54, 1.807) is 19.9 Å². The molecular formula is C26H30Cl2N2O5. The Morgan fingerprint density at radius 2 is 1.86 bits per heavy atom. The molecule has 188 valence electrons. The van der Waals surface area contributed by atoms with E-state index in [0.29, 0.717) is 0 Å². The van der Waals surface area contributed by atoms with Crippen LogP contribution in [0.25, 0.3) is 4.98 Å². The van der Waals surface area contributed by atoms with Crippen molar-refractivity contribution in [1.29, 1.82) is 5.39 Å². The van der Waals surface area contributed by atoms with Gasteiger partial charge in [0.1, 0.15) is 10.4 Å². The second kappa shape index (κ2) is 9.24. The Bertz CT molecular complexity index is 1210. The molecule has 0 radical (unpaired) electrons. The molecule has 0 spiro atoms. The number of ether oxygens (including phenoxy) is 1. The third-order valence-electron chi connectivity index (χ3n) is 7.04. The van der Waals surface area contributed by atoms with E-state index < -0.39 is 61.3 Å². The van der Waals surface area contributed by atoms with Gasteiger partial charge >= 0.3 is 5.69 Å². The molecule has 3 rings (SSSR count). The number of halogens is 2. The smallest absolute Gasteiger partial charge is 0.437 e.